The Morgan fingerprint density at radius 1 is 1.11 bits per heavy atom. The van der Waals surface area contributed by atoms with Gasteiger partial charge in [-0.25, -0.2) is 26.3 Å². The smallest absolute Gasteiger partial charge is 0.214 e. The summed E-state index contributed by atoms with van der Waals surface area (Å²) in [6.07, 6.45) is 2.08. The Bertz CT molecular complexity index is 664. The fraction of sp³-hybridized carbons (Fsp3) is 0.455. The number of benzene rings is 1. The van der Waals surface area contributed by atoms with Crippen molar-refractivity contribution in [1.82, 2.24) is 9.44 Å². The second-order valence-electron chi connectivity index (χ2n) is 4.48. The van der Waals surface area contributed by atoms with Crippen LogP contribution in [0.3, 0.4) is 0 Å². The molecule has 0 heterocycles. The zero-order valence-electron chi connectivity index (χ0n) is 10.5. The van der Waals surface area contributed by atoms with E-state index in [4.69, 9.17) is 0 Å². The van der Waals surface area contributed by atoms with Crippen molar-refractivity contribution in [3.63, 3.8) is 0 Å². The molecular formula is C11H16N2O4S2. The summed E-state index contributed by atoms with van der Waals surface area (Å²) < 4.78 is 51.9. The van der Waals surface area contributed by atoms with Crippen LogP contribution < -0.4 is 9.44 Å². The van der Waals surface area contributed by atoms with Crippen LogP contribution in [0.2, 0.25) is 0 Å². The Labute approximate surface area is 113 Å². The molecule has 0 amide bonds. The molecule has 2 N–H and O–H groups in total. The van der Waals surface area contributed by atoms with Gasteiger partial charge in [0.25, 0.3) is 0 Å². The molecule has 0 spiro atoms. The SMILES string of the molecule is CNS(=O)(=O)c1cccc(S(=O)(=O)NCC2CC2)c1. The van der Waals surface area contributed by atoms with Crippen LogP contribution in [0.4, 0.5) is 0 Å². The fourth-order valence-corrected chi connectivity index (χ4v) is 3.57. The molecule has 1 fully saturated rings. The molecule has 1 aliphatic carbocycles. The Morgan fingerprint density at radius 3 is 2.21 bits per heavy atom. The van der Waals surface area contributed by atoms with Crippen molar-refractivity contribution < 1.29 is 16.8 Å². The molecule has 0 bridgehead atoms. The lowest BCUT2D eigenvalue weighted by Gasteiger charge is -2.08. The third-order valence-corrected chi connectivity index (χ3v) is 5.79. The summed E-state index contributed by atoms with van der Waals surface area (Å²) in [5.41, 5.74) is 0. The van der Waals surface area contributed by atoms with E-state index < -0.39 is 20.0 Å². The van der Waals surface area contributed by atoms with Crippen molar-refractivity contribution in [1.29, 1.82) is 0 Å². The molecule has 0 aromatic heterocycles. The number of hydrogen-bond acceptors (Lipinski definition) is 4. The number of rotatable bonds is 6. The van der Waals surface area contributed by atoms with Crippen LogP contribution in [0, 0.1) is 5.92 Å². The average Bonchev–Trinajstić information content (AvgIpc) is 3.21. The maximum Gasteiger partial charge on any atom is 0.240 e. The van der Waals surface area contributed by atoms with Crippen LogP contribution in [-0.2, 0) is 20.0 Å². The highest BCUT2D eigenvalue weighted by atomic mass is 32.2. The van der Waals surface area contributed by atoms with Crippen molar-refractivity contribution in [2.75, 3.05) is 13.6 Å². The first-order chi connectivity index (χ1) is 8.85. The van der Waals surface area contributed by atoms with E-state index in [0.29, 0.717) is 12.5 Å². The molecule has 0 radical (unpaired) electrons. The molecule has 0 atom stereocenters. The van der Waals surface area contributed by atoms with Crippen LogP contribution in [0.1, 0.15) is 12.8 Å². The molecule has 2 rings (SSSR count). The van der Waals surface area contributed by atoms with Gasteiger partial charge in [0.15, 0.2) is 0 Å². The maximum atomic E-state index is 12.0. The molecule has 106 valence electrons. The first kappa shape index (κ1) is 14.4. The fourth-order valence-electron chi connectivity index (χ4n) is 1.56. The Kier molecular flexibility index (Phi) is 3.95. The molecule has 1 aliphatic rings. The minimum atomic E-state index is -3.65. The van der Waals surface area contributed by atoms with Gasteiger partial charge in [-0.15, -0.1) is 0 Å². The van der Waals surface area contributed by atoms with Crippen molar-refractivity contribution >= 4 is 20.0 Å². The largest absolute Gasteiger partial charge is 0.240 e. The van der Waals surface area contributed by atoms with Crippen molar-refractivity contribution in [2.24, 2.45) is 5.92 Å². The minimum Gasteiger partial charge on any atom is -0.214 e. The summed E-state index contributed by atoms with van der Waals surface area (Å²) in [5.74, 6) is 0.416. The summed E-state index contributed by atoms with van der Waals surface area (Å²) in [7, 11) is -6.01. The predicted octanol–water partition coefficient (Wildman–Crippen LogP) is 0.283. The van der Waals surface area contributed by atoms with Gasteiger partial charge in [0.2, 0.25) is 20.0 Å². The van der Waals surface area contributed by atoms with E-state index in [1.165, 1.54) is 25.2 Å². The highest BCUT2D eigenvalue weighted by molar-refractivity contribution is 7.90. The first-order valence-electron chi connectivity index (χ1n) is 5.88. The lowest BCUT2D eigenvalue weighted by molar-refractivity contribution is 0.577. The topological polar surface area (TPSA) is 92.3 Å². The summed E-state index contributed by atoms with van der Waals surface area (Å²) in [5, 5.41) is 0. The summed E-state index contributed by atoms with van der Waals surface area (Å²) in [6.45, 7) is 0.408. The van der Waals surface area contributed by atoms with Crippen molar-refractivity contribution in [3.05, 3.63) is 24.3 Å². The van der Waals surface area contributed by atoms with Gasteiger partial charge in [-0.3, -0.25) is 0 Å². The van der Waals surface area contributed by atoms with E-state index in [-0.39, 0.29) is 9.79 Å². The van der Waals surface area contributed by atoms with Gasteiger partial charge in [0.1, 0.15) is 0 Å². The van der Waals surface area contributed by atoms with E-state index in [1.54, 1.807) is 0 Å². The zero-order chi connectivity index (χ0) is 14.1. The van der Waals surface area contributed by atoms with E-state index >= 15 is 0 Å². The van der Waals surface area contributed by atoms with Crippen molar-refractivity contribution in [2.45, 2.75) is 22.6 Å². The third-order valence-electron chi connectivity index (χ3n) is 2.95. The molecule has 0 unspecified atom stereocenters. The molecule has 6 nitrogen and oxygen atoms in total. The number of sulfonamides is 2. The second-order valence-corrected chi connectivity index (χ2v) is 8.13. The molecular weight excluding hydrogens is 288 g/mol. The second kappa shape index (κ2) is 5.20. The first-order valence-corrected chi connectivity index (χ1v) is 8.85. The molecule has 19 heavy (non-hydrogen) atoms. The summed E-state index contributed by atoms with van der Waals surface area (Å²) >= 11 is 0. The predicted molar refractivity (Wildman–Crippen MR) is 70.6 cm³/mol. The minimum absolute atomic E-state index is 0.0375. The number of nitrogens with one attached hydrogen (secondary N) is 2. The molecule has 1 aromatic carbocycles. The summed E-state index contributed by atoms with van der Waals surface area (Å²) in [6, 6.07) is 5.30. The molecule has 0 saturated heterocycles. The monoisotopic (exact) mass is 304 g/mol. The molecule has 1 aromatic rings. The van der Waals surface area contributed by atoms with Crippen LogP contribution in [-0.4, -0.2) is 30.4 Å². The lowest BCUT2D eigenvalue weighted by Crippen LogP contribution is -2.26. The molecule has 1 saturated carbocycles. The van der Waals surface area contributed by atoms with E-state index in [0.717, 1.165) is 18.9 Å². The summed E-state index contributed by atoms with van der Waals surface area (Å²) in [4.78, 5) is -0.103. The van der Waals surface area contributed by atoms with Crippen LogP contribution >= 0.6 is 0 Å². The van der Waals surface area contributed by atoms with Gasteiger partial charge in [-0.05, 0) is 44.0 Å². The van der Waals surface area contributed by atoms with Gasteiger partial charge < -0.3 is 0 Å². The quantitative estimate of drug-likeness (QED) is 0.789. The van der Waals surface area contributed by atoms with Crippen molar-refractivity contribution in [3.8, 4) is 0 Å². The van der Waals surface area contributed by atoms with Gasteiger partial charge in [-0.1, -0.05) is 6.07 Å². The van der Waals surface area contributed by atoms with Gasteiger partial charge in [-0.2, -0.15) is 0 Å². The standard InChI is InChI=1S/C11H16N2O4S2/c1-12-18(14,15)10-3-2-4-11(7-10)19(16,17)13-8-9-5-6-9/h2-4,7,9,12-13H,5-6,8H2,1H3. The Hall–Kier alpha value is -0.960. The highest BCUT2D eigenvalue weighted by Crippen LogP contribution is 2.28. The zero-order valence-corrected chi connectivity index (χ0v) is 12.1. The third kappa shape index (κ3) is 3.53. The lowest BCUT2D eigenvalue weighted by atomic mass is 10.4. The van der Waals surface area contributed by atoms with E-state index in [9.17, 15) is 16.8 Å². The van der Waals surface area contributed by atoms with Gasteiger partial charge in [0.05, 0.1) is 9.79 Å². The molecule has 8 heteroatoms. The van der Waals surface area contributed by atoms with Gasteiger partial charge in [0, 0.05) is 6.54 Å². The maximum absolute atomic E-state index is 12.0. The number of hydrogen-bond donors (Lipinski definition) is 2. The van der Waals surface area contributed by atoms with Gasteiger partial charge >= 0.3 is 0 Å². The van der Waals surface area contributed by atoms with E-state index in [1.807, 2.05) is 0 Å². The highest BCUT2D eigenvalue weighted by Gasteiger charge is 2.25. The Morgan fingerprint density at radius 2 is 1.68 bits per heavy atom. The van der Waals surface area contributed by atoms with Crippen LogP contribution in [0.25, 0.3) is 0 Å². The Balaban J connectivity index is 2.27. The average molecular weight is 304 g/mol. The normalized spacial score (nSPS) is 16.5. The van der Waals surface area contributed by atoms with E-state index in [2.05, 4.69) is 9.44 Å². The van der Waals surface area contributed by atoms with Crippen LogP contribution in [0.5, 0.6) is 0 Å². The molecule has 0 aliphatic heterocycles. The van der Waals surface area contributed by atoms with Crippen LogP contribution in [0.15, 0.2) is 34.1 Å².